The average molecular weight is 381 g/mol. The van der Waals surface area contributed by atoms with Crippen molar-refractivity contribution in [2.24, 2.45) is 0 Å². The number of nitrogens with one attached hydrogen (secondary N) is 2. The Bertz CT molecular complexity index is 648. The third-order valence-corrected chi connectivity index (χ3v) is 5.59. The van der Waals surface area contributed by atoms with Gasteiger partial charge in [0.1, 0.15) is 6.04 Å². The summed E-state index contributed by atoms with van der Waals surface area (Å²) in [5, 5.41) is 5.69. The number of carbonyl (C=O) groups excluding carboxylic acids is 2. The standard InChI is InChI=1S/C19H28N2O4S/c1-5-10-25-15-7-6-13(11-16(15)24-4)8-9-20-17(22)14-12-26-19(2,3)18(23)21-14/h6-7,11,14H,5,8-10,12H2,1-4H3,(H,20,22)(H,21,23)/t14-/m1/s1. The molecule has 0 spiro atoms. The Hall–Kier alpha value is -1.89. The summed E-state index contributed by atoms with van der Waals surface area (Å²) in [6, 6.07) is 5.32. The number of ether oxygens (including phenoxy) is 2. The maximum absolute atomic E-state index is 12.3. The van der Waals surface area contributed by atoms with Crippen LogP contribution in [-0.4, -0.2) is 48.6 Å². The van der Waals surface area contributed by atoms with E-state index in [9.17, 15) is 9.59 Å². The quantitative estimate of drug-likeness (QED) is 0.723. The molecule has 6 nitrogen and oxygen atoms in total. The zero-order valence-electron chi connectivity index (χ0n) is 15.9. The summed E-state index contributed by atoms with van der Waals surface area (Å²) in [6.07, 6.45) is 1.61. The Morgan fingerprint density at radius 2 is 2.15 bits per heavy atom. The Labute approximate surface area is 159 Å². The molecule has 0 radical (unpaired) electrons. The van der Waals surface area contributed by atoms with Gasteiger partial charge in [0.05, 0.1) is 18.5 Å². The van der Waals surface area contributed by atoms with Gasteiger partial charge in [0.2, 0.25) is 11.8 Å². The molecular formula is C19H28N2O4S. The Morgan fingerprint density at radius 3 is 2.81 bits per heavy atom. The predicted molar refractivity (Wildman–Crippen MR) is 104 cm³/mol. The van der Waals surface area contributed by atoms with Crippen LogP contribution in [0, 0.1) is 0 Å². The van der Waals surface area contributed by atoms with E-state index >= 15 is 0 Å². The van der Waals surface area contributed by atoms with E-state index in [1.807, 2.05) is 32.0 Å². The number of methoxy groups -OCH3 is 1. The van der Waals surface area contributed by atoms with Gasteiger partial charge in [-0.15, -0.1) is 11.8 Å². The molecular weight excluding hydrogens is 352 g/mol. The van der Waals surface area contributed by atoms with Crippen molar-refractivity contribution in [1.82, 2.24) is 10.6 Å². The third-order valence-electron chi connectivity index (χ3n) is 4.18. The van der Waals surface area contributed by atoms with Gasteiger partial charge < -0.3 is 20.1 Å². The molecule has 2 rings (SSSR count). The van der Waals surface area contributed by atoms with E-state index in [-0.39, 0.29) is 11.8 Å². The van der Waals surface area contributed by atoms with Crippen LogP contribution in [-0.2, 0) is 16.0 Å². The fourth-order valence-corrected chi connectivity index (χ4v) is 3.53. The topological polar surface area (TPSA) is 76.7 Å². The fourth-order valence-electron chi connectivity index (χ4n) is 2.52. The van der Waals surface area contributed by atoms with E-state index in [4.69, 9.17) is 9.47 Å². The van der Waals surface area contributed by atoms with E-state index < -0.39 is 10.8 Å². The van der Waals surface area contributed by atoms with E-state index in [0.717, 1.165) is 17.7 Å². The van der Waals surface area contributed by atoms with Gasteiger partial charge in [-0.3, -0.25) is 9.59 Å². The van der Waals surface area contributed by atoms with Gasteiger partial charge in [0.15, 0.2) is 11.5 Å². The van der Waals surface area contributed by atoms with Crippen molar-refractivity contribution in [2.45, 2.75) is 44.4 Å². The molecule has 1 fully saturated rings. The summed E-state index contributed by atoms with van der Waals surface area (Å²) in [4.78, 5) is 24.2. The number of hydrogen-bond acceptors (Lipinski definition) is 5. The third kappa shape index (κ3) is 5.30. The molecule has 1 heterocycles. The second-order valence-electron chi connectivity index (χ2n) is 6.72. The molecule has 0 saturated carbocycles. The summed E-state index contributed by atoms with van der Waals surface area (Å²) in [6.45, 7) is 6.92. The fraction of sp³-hybridized carbons (Fsp3) is 0.579. The lowest BCUT2D eigenvalue weighted by Gasteiger charge is -2.32. The number of rotatable bonds is 8. The average Bonchev–Trinajstić information content (AvgIpc) is 2.62. The van der Waals surface area contributed by atoms with Crippen LogP contribution in [0.5, 0.6) is 11.5 Å². The Balaban J connectivity index is 1.84. The van der Waals surface area contributed by atoms with Crippen molar-refractivity contribution in [3.63, 3.8) is 0 Å². The first-order valence-electron chi connectivity index (χ1n) is 8.89. The number of carbonyl (C=O) groups is 2. The SMILES string of the molecule is CCCOc1ccc(CCNC(=O)[C@H]2CSC(C)(C)C(=O)N2)cc1OC. The van der Waals surface area contributed by atoms with Crippen molar-refractivity contribution in [3.8, 4) is 11.5 Å². The first-order valence-corrected chi connectivity index (χ1v) is 9.88. The number of amides is 2. The highest BCUT2D eigenvalue weighted by molar-refractivity contribution is 8.01. The van der Waals surface area contributed by atoms with E-state index in [2.05, 4.69) is 17.6 Å². The van der Waals surface area contributed by atoms with Crippen LogP contribution in [0.1, 0.15) is 32.8 Å². The second kappa shape index (κ2) is 9.16. The van der Waals surface area contributed by atoms with Crippen molar-refractivity contribution < 1.29 is 19.1 Å². The van der Waals surface area contributed by atoms with Crippen molar-refractivity contribution in [1.29, 1.82) is 0 Å². The predicted octanol–water partition coefficient (Wildman–Crippen LogP) is 2.15. The molecule has 0 bridgehead atoms. The number of benzene rings is 1. The van der Waals surface area contributed by atoms with Gasteiger partial charge in [-0.2, -0.15) is 0 Å². The summed E-state index contributed by atoms with van der Waals surface area (Å²) in [5.74, 6) is 1.77. The van der Waals surface area contributed by atoms with Crippen LogP contribution in [0.2, 0.25) is 0 Å². The first kappa shape index (κ1) is 20.4. The highest BCUT2D eigenvalue weighted by Crippen LogP contribution is 2.29. The van der Waals surface area contributed by atoms with E-state index in [1.54, 1.807) is 7.11 Å². The Morgan fingerprint density at radius 1 is 1.38 bits per heavy atom. The van der Waals surface area contributed by atoms with Crippen LogP contribution < -0.4 is 20.1 Å². The second-order valence-corrected chi connectivity index (χ2v) is 8.36. The molecule has 2 amide bonds. The molecule has 1 atom stereocenters. The van der Waals surface area contributed by atoms with Gasteiger partial charge in [0, 0.05) is 12.3 Å². The van der Waals surface area contributed by atoms with Crippen LogP contribution in [0.25, 0.3) is 0 Å². The molecule has 0 aliphatic carbocycles. The van der Waals surface area contributed by atoms with Gasteiger partial charge in [-0.05, 0) is 44.4 Å². The molecule has 0 unspecified atom stereocenters. The highest BCUT2D eigenvalue weighted by Gasteiger charge is 2.37. The summed E-state index contributed by atoms with van der Waals surface area (Å²) in [5.41, 5.74) is 1.05. The summed E-state index contributed by atoms with van der Waals surface area (Å²) in [7, 11) is 1.62. The monoisotopic (exact) mass is 380 g/mol. The van der Waals surface area contributed by atoms with Crippen molar-refractivity contribution in [3.05, 3.63) is 23.8 Å². The maximum atomic E-state index is 12.3. The molecule has 0 aromatic heterocycles. The van der Waals surface area contributed by atoms with Crippen LogP contribution in [0.4, 0.5) is 0 Å². The van der Waals surface area contributed by atoms with Crippen LogP contribution in [0.3, 0.4) is 0 Å². The van der Waals surface area contributed by atoms with Crippen molar-refractivity contribution in [2.75, 3.05) is 26.0 Å². The lowest BCUT2D eigenvalue weighted by atomic mass is 10.1. The Kier molecular flexibility index (Phi) is 7.20. The van der Waals surface area contributed by atoms with Gasteiger partial charge >= 0.3 is 0 Å². The lowest BCUT2D eigenvalue weighted by Crippen LogP contribution is -2.57. The van der Waals surface area contributed by atoms with Crippen molar-refractivity contribution >= 4 is 23.6 Å². The minimum Gasteiger partial charge on any atom is -0.493 e. The zero-order chi connectivity index (χ0) is 19.2. The maximum Gasteiger partial charge on any atom is 0.243 e. The molecule has 26 heavy (non-hydrogen) atoms. The molecule has 1 saturated heterocycles. The summed E-state index contributed by atoms with van der Waals surface area (Å²) < 4.78 is 10.5. The number of hydrogen-bond donors (Lipinski definition) is 2. The molecule has 2 N–H and O–H groups in total. The zero-order valence-corrected chi connectivity index (χ0v) is 16.7. The van der Waals surface area contributed by atoms with Gasteiger partial charge in [-0.1, -0.05) is 13.0 Å². The number of thioether (sulfide) groups is 1. The van der Waals surface area contributed by atoms with Gasteiger partial charge in [0.25, 0.3) is 0 Å². The molecule has 1 aliphatic rings. The summed E-state index contributed by atoms with van der Waals surface area (Å²) >= 11 is 1.50. The van der Waals surface area contributed by atoms with E-state index in [1.165, 1.54) is 11.8 Å². The molecule has 144 valence electrons. The minimum atomic E-state index is -0.477. The lowest BCUT2D eigenvalue weighted by molar-refractivity contribution is -0.129. The molecule has 1 aromatic rings. The van der Waals surface area contributed by atoms with Crippen LogP contribution >= 0.6 is 11.8 Å². The minimum absolute atomic E-state index is 0.0960. The van der Waals surface area contributed by atoms with Crippen LogP contribution in [0.15, 0.2) is 18.2 Å². The molecule has 1 aliphatic heterocycles. The highest BCUT2D eigenvalue weighted by atomic mass is 32.2. The molecule has 7 heteroatoms. The molecule has 1 aromatic carbocycles. The normalized spacial score (nSPS) is 18.8. The largest absolute Gasteiger partial charge is 0.493 e. The van der Waals surface area contributed by atoms with E-state index in [0.29, 0.717) is 31.1 Å². The first-order chi connectivity index (χ1) is 12.4. The van der Waals surface area contributed by atoms with Gasteiger partial charge in [-0.25, -0.2) is 0 Å². The smallest absolute Gasteiger partial charge is 0.243 e.